The monoisotopic (exact) mass is 296 g/mol. The average Bonchev–Trinajstić information content (AvgIpc) is 2.71. The van der Waals surface area contributed by atoms with Crippen LogP contribution < -0.4 is 5.32 Å². The molecule has 0 spiro atoms. The minimum atomic E-state index is 0. The fourth-order valence-corrected chi connectivity index (χ4v) is 2.77. The molecule has 0 aromatic heterocycles. The van der Waals surface area contributed by atoms with Crippen molar-refractivity contribution in [3.8, 4) is 0 Å². The van der Waals surface area contributed by atoms with Crippen molar-refractivity contribution in [3.05, 3.63) is 30.3 Å². The molecule has 1 N–H and O–H groups in total. The zero-order chi connectivity index (χ0) is 13.5. The van der Waals surface area contributed by atoms with Crippen LogP contribution in [-0.2, 0) is 4.79 Å². The van der Waals surface area contributed by atoms with Crippen molar-refractivity contribution in [3.63, 3.8) is 0 Å². The number of carbonyl (C=O) groups is 1. The summed E-state index contributed by atoms with van der Waals surface area (Å²) in [6.07, 6.45) is 5.89. The maximum Gasteiger partial charge on any atom is 0.242 e. The molecule has 0 aliphatic carbocycles. The number of benzene rings is 1. The number of hydrogen-bond acceptors (Lipinski definition) is 2. The van der Waals surface area contributed by atoms with E-state index in [-0.39, 0.29) is 18.3 Å². The highest BCUT2D eigenvalue weighted by molar-refractivity contribution is 5.85. The Labute approximate surface area is 128 Å². The van der Waals surface area contributed by atoms with E-state index in [1.807, 2.05) is 30.3 Å². The Hall–Kier alpha value is -1.22. The Kier molecular flexibility index (Phi) is 7.45. The third-order valence-corrected chi connectivity index (χ3v) is 3.89. The molecule has 0 radical (unpaired) electrons. The quantitative estimate of drug-likeness (QED) is 0.919. The number of carbonyl (C=O) groups excluding carboxylic acids is 1. The van der Waals surface area contributed by atoms with E-state index < -0.39 is 0 Å². The Bertz CT molecular complexity index is 397. The van der Waals surface area contributed by atoms with Gasteiger partial charge in [0.05, 0.1) is 6.54 Å². The molecule has 1 atom stereocenters. The summed E-state index contributed by atoms with van der Waals surface area (Å²) in [6, 6.07) is 10.4. The van der Waals surface area contributed by atoms with E-state index in [9.17, 15) is 4.79 Å². The van der Waals surface area contributed by atoms with Gasteiger partial charge in [0.15, 0.2) is 0 Å². The zero-order valence-corrected chi connectivity index (χ0v) is 13.0. The topological polar surface area (TPSA) is 32.3 Å². The Balaban J connectivity index is 0.00000200. The van der Waals surface area contributed by atoms with Gasteiger partial charge in [-0.1, -0.05) is 38.0 Å². The maximum atomic E-state index is 12.4. The summed E-state index contributed by atoms with van der Waals surface area (Å²) < 4.78 is 0. The predicted octanol–water partition coefficient (Wildman–Crippen LogP) is 3.70. The Morgan fingerprint density at radius 3 is 2.70 bits per heavy atom. The molecule has 2 rings (SSSR count). The summed E-state index contributed by atoms with van der Waals surface area (Å²) >= 11 is 0. The van der Waals surface area contributed by atoms with Crippen LogP contribution in [0.3, 0.4) is 0 Å². The number of nitrogens with one attached hydrogen (secondary N) is 1. The highest BCUT2D eigenvalue weighted by Gasteiger charge is 2.23. The minimum absolute atomic E-state index is 0. The van der Waals surface area contributed by atoms with Crippen molar-refractivity contribution in [1.82, 2.24) is 4.90 Å². The number of para-hydroxylation sites is 1. The lowest BCUT2D eigenvalue weighted by molar-refractivity contribution is -0.131. The van der Waals surface area contributed by atoms with Gasteiger partial charge in [-0.15, -0.1) is 12.4 Å². The number of amides is 1. The first-order valence-electron chi connectivity index (χ1n) is 7.39. The lowest BCUT2D eigenvalue weighted by atomic mass is 10.1. The molecule has 112 valence electrons. The highest BCUT2D eigenvalue weighted by atomic mass is 35.5. The molecule has 1 heterocycles. The number of likely N-dealkylation sites (tertiary alicyclic amines) is 1. The largest absolute Gasteiger partial charge is 0.376 e. The van der Waals surface area contributed by atoms with Crippen molar-refractivity contribution in [2.75, 3.05) is 18.4 Å². The molecule has 1 saturated heterocycles. The van der Waals surface area contributed by atoms with Crippen molar-refractivity contribution in [2.24, 2.45) is 0 Å². The van der Waals surface area contributed by atoms with E-state index in [1.165, 1.54) is 12.8 Å². The second kappa shape index (κ2) is 8.85. The molecule has 1 amide bonds. The van der Waals surface area contributed by atoms with Gasteiger partial charge in [-0.05, 0) is 31.4 Å². The highest BCUT2D eigenvalue weighted by Crippen LogP contribution is 2.19. The van der Waals surface area contributed by atoms with E-state index in [0.29, 0.717) is 12.6 Å². The summed E-state index contributed by atoms with van der Waals surface area (Å²) in [5, 5.41) is 3.22. The third kappa shape index (κ3) is 4.71. The molecular formula is C16H25ClN2O. The molecule has 20 heavy (non-hydrogen) atoms. The summed E-state index contributed by atoms with van der Waals surface area (Å²) in [6.45, 7) is 3.51. The Morgan fingerprint density at radius 1 is 1.25 bits per heavy atom. The molecule has 1 aromatic carbocycles. The van der Waals surface area contributed by atoms with E-state index in [0.717, 1.165) is 31.5 Å². The normalized spacial score (nSPS) is 18.9. The molecule has 1 fully saturated rings. The third-order valence-electron chi connectivity index (χ3n) is 3.89. The fraction of sp³-hybridized carbons (Fsp3) is 0.562. The van der Waals surface area contributed by atoms with Crippen LogP contribution in [-0.4, -0.2) is 29.9 Å². The summed E-state index contributed by atoms with van der Waals surface area (Å²) in [5.41, 5.74) is 1.01. The van der Waals surface area contributed by atoms with Crippen molar-refractivity contribution in [2.45, 2.75) is 45.1 Å². The van der Waals surface area contributed by atoms with Gasteiger partial charge < -0.3 is 10.2 Å². The van der Waals surface area contributed by atoms with Crippen molar-refractivity contribution in [1.29, 1.82) is 0 Å². The molecule has 1 aromatic rings. The lowest BCUT2D eigenvalue weighted by Crippen LogP contribution is -2.42. The first-order chi connectivity index (χ1) is 9.31. The van der Waals surface area contributed by atoms with Gasteiger partial charge in [-0.3, -0.25) is 4.79 Å². The summed E-state index contributed by atoms with van der Waals surface area (Å²) in [7, 11) is 0. The molecule has 1 aliphatic heterocycles. The molecule has 1 unspecified atom stereocenters. The summed E-state index contributed by atoms with van der Waals surface area (Å²) in [5.74, 6) is 0.234. The van der Waals surface area contributed by atoms with Gasteiger partial charge in [0.25, 0.3) is 0 Å². The zero-order valence-electron chi connectivity index (χ0n) is 12.2. The van der Waals surface area contributed by atoms with Gasteiger partial charge in [0.2, 0.25) is 5.91 Å². The molecule has 0 bridgehead atoms. The lowest BCUT2D eigenvalue weighted by Gasteiger charge is -2.29. The Morgan fingerprint density at radius 2 is 2.00 bits per heavy atom. The van der Waals surface area contributed by atoms with Crippen LogP contribution in [0.2, 0.25) is 0 Å². The van der Waals surface area contributed by atoms with E-state index >= 15 is 0 Å². The van der Waals surface area contributed by atoms with Gasteiger partial charge in [-0.2, -0.15) is 0 Å². The first kappa shape index (κ1) is 16.8. The van der Waals surface area contributed by atoms with Crippen LogP contribution in [0.1, 0.15) is 39.0 Å². The van der Waals surface area contributed by atoms with Crippen molar-refractivity contribution >= 4 is 24.0 Å². The van der Waals surface area contributed by atoms with Crippen LogP contribution in [0, 0.1) is 0 Å². The van der Waals surface area contributed by atoms with Crippen molar-refractivity contribution < 1.29 is 4.79 Å². The van der Waals surface area contributed by atoms with Crippen LogP contribution in [0.4, 0.5) is 5.69 Å². The standard InChI is InChI=1S/C16H24N2O.ClH/c1-2-15-11-7-4-8-12-18(15)16(19)13-17-14-9-5-3-6-10-14;/h3,5-6,9-10,15,17H,2,4,7-8,11-13H2,1H3;1H. The van der Waals surface area contributed by atoms with E-state index in [1.54, 1.807) is 0 Å². The average molecular weight is 297 g/mol. The van der Waals surface area contributed by atoms with Crippen LogP contribution in [0.25, 0.3) is 0 Å². The number of anilines is 1. The second-order valence-electron chi connectivity index (χ2n) is 5.22. The number of halogens is 1. The van der Waals surface area contributed by atoms with E-state index in [4.69, 9.17) is 0 Å². The molecular weight excluding hydrogens is 272 g/mol. The smallest absolute Gasteiger partial charge is 0.242 e. The number of hydrogen-bond donors (Lipinski definition) is 1. The molecule has 3 nitrogen and oxygen atoms in total. The molecule has 1 aliphatic rings. The van der Waals surface area contributed by atoms with Gasteiger partial charge >= 0.3 is 0 Å². The SMILES string of the molecule is CCC1CCCCCN1C(=O)CNc1ccccc1.Cl. The van der Waals surface area contributed by atoms with Crippen LogP contribution >= 0.6 is 12.4 Å². The number of nitrogens with zero attached hydrogens (tertiary/aromatic N) is 1. The number of rotatable bonds is 4. The predicted molar refractivity (Wildman–Crippen MR) is 86.4 cm³/mol. The molecule has 0 saturated carbocycles. The van der Waals surface area contributed by atoms with Crippen LogP contribution in [0.15, 0.2) is 30.3 Å². The van der Waals surface area contributed by atoms with E-state index in [2.05, 4.69) is 17.1 Å². The maximum absolute atomic E-state index is 12.4. The fourth-order valence-electron chi connectivity index (χ4n) is 2.77. The minimum Gasteiger partial charge on any atom is -0.376 e. The second-order valence-corrected chi connectivity index (χ2v) is 5.22. The summed E-state index contributed by atoms with van der Waals surface area (Å²) in [4.78, 5) is 14.4. The van der Waals surface area contributed by atoms with Crippen LogP contribution in [0.5, 0.6) is 0 Å². The van der Waals surface area contributed by atoms with Gasteiger partial charge in [-0.25, -0.2) is 0 Å². The first-order valence-corrected chi connectivity index (χ1v) is 7.39. The van der Waals surface area contributed by atoms with Gasteiger partial charge in [0, 0.05) is 18.3 Å². The van der Waals surface area contributed by atoms with Gasteiger partial charge in [0.1, 0.15) is 0 Å². The molecule has 4 heteroatoms.